The number of hydrogen-bond acceptors (Lipinski definition) is 5. The summed E-state index contributed by atoms with van der Waals surface area (Å²) < 4.78 is 0. The molecule has 2 aromatic heterocycles. The first-order valence-electron chi connectivity index (χ1n) is 10.2. The van der Waals surface area contributed by atoms with Crippen molar-refractivity contribution in [2.45, 2.75) is 38.8 Å². The molecule has 2 aliphatic rings. The van der Waals surface area contributed by atoms with Crippen molar-refractivity contribution in [2.75, 3.05) is 25.5 Å². The van der Waals surface area contributed by atoms with Gasteiger partial charge in [-0.25, -0.2) is 4.98 Å². The molecule has 1 N–H and O–H groups in total. The Morgan fingerprint density at radius 3 is 2.72 bits per heavy atom. The van der Waals surface area contributed by atoms with E-state index < -0.39 is 0 Å². The van der Waals surface area contributed by atoms with Crippen molar-refractivity contribution in [2.24, 2.45) is 5.92 Å². The molecule has 0 aromatic carbocycles. The molecule has 0 radical (unpaired) electrons. The van der Waals surface area contributed by atoms with Crippen LogP contribution in [0.25, 0.3) is 0 Å². The van der Waals surface area contributed by atoms with E-state index in [1.54, 1.807) is 18.5 Å². The number of carbonyl (C=O) groups is 2. The Labute approximate surface area is 171 Å². The first-order chi connectivity index (χ1) is 14.0. The number of likely N-dealkylation sites (N-methyl/N-ethyl adjacent to an activating group) is 1. The van der Waals surface area contributed by atoms with Crippen LogP contribution in [0.5, 0.6) is 0 Å². The van der Waals surface area contributed by atoms with E-state index >= 15 is 0 Å². The van der Waals surface area contributed by atoms with Crippen LogP contribution in [0.1, 0.15) is 40.7 Å². The zero-order valence-corrected chi connectivity index (χ0v) is 17.0. The Morgan fingerprint density at radius 2 is 2.03 bits per heavy atom. The van der Waals surface area contributed by atoms with Crippen LogP contribution in [0.4, 0.5) is 5.82 Å². The van der Waals surface area contributed by atoms with Gasteiger partial charge in [0.2, 0.25) is 5.91 Å². The van der Waals surface area contributed by atoms with E-state index in [0.29, 0.717) is 25.2 Å². The molecule has 2 amide bonds. The minimum absolute atomic E-state index is 0.0260. The molecule has 2 fully saturated rings. The Balaban J connectivity index is 1.32. The maximum absolute atomic E-state index is 12.8. The van der Waals surface area contributed by atoms with Crippen LogP contribution >= 0.6 is 0 Å². The number of carbonyl (C=O) groups excluding carboxylic acids is 2. The average molecular weight is 393 g/mol. The summed E-state index contributed by atoms with van der Waals surface area (Å²) >= 11 is 0. The maximum atomic E-state index is 12.8. The molecule has 2 aromatic rings. The molecule has 7 heteroatoms. The monoisotopic (exact) mass is 393 g/mol. The van der Waals surface area contributed by atoms with Crippen molar-refractivity contribution in [1.29, 1.82) is 0 Å². The molecular formula is C22H27N5O2. The van der Waals surface area contributed by atoms with Crippen molar-refractivity contribution in [1.82, 2.24) is 19.8 Å². The third kappa shape index (κ3) is 4.39. The molecule has 29 heavy (non-hydrogen) atoms. The van der Waals surface area contributed by atoms with E-state index in [0.717, 1.165) is 30.6 Å². The fourth-order valence-corrected chi connectivity index (χ4v) is 3.72. The van der Waals surface area contributed by atoms with Gasteiger partial charge in [0.25, 0.3) is 5.91 Å². The number of aromatic nitrogens is 2. The topological polar surface area (TPSA) is 78.4 Å². The van der Waals surface area contributed by atoms with Gasteiger partial charge in [0.1, 0.15) is 5.82 Å². The first kappa shape index (κ1) is 19.4. The van der Waals surface area contributed by atoms with Crippen LogP contribution in [-0.4, -0.2) is 57.8 Å². The molecule has 1 aliphatic carbocycles. The lowest BCUT2D eigenvalue weighted by molar-refractivity contribution is -0.133. The van der Waals surface area contributed by atoms with Crippen LogP contribution in [0.15, 0.2) is 36.8 Å². The summed E-state index contributed by atoms with van der Waals surface area (Å²) in [6.45, 7) is 3.95. The summed E-state index contributed by atoms with van der Waals surface area (Å²) in [5.74, 6) is 1.13. The van der Waals surface area contributed by atoms with Crippen LogP contribution < -0.4 is 5.32 Å². The van der Waals surface area contributed by atoms with Crippen LogP contribution in [0.2, 0.25) is 0 Å². The van der Waals surface area contributed by atoms with Crippen molar-refractivity contribution in [3.05, 3.63) is 53.5 Å². The molecule has 3 heterocycles. The summed E-state index contributed by atoms with van der Waals surface area (Å²) in [5.41, 5.74) is 2.86. The van der Waals surface area contributed by atoms with E-state index in [1.807, 2.05) is 42.1 Å². The molecule has 7 nitrogen and oxygen atoms in total. The average Bonchev–Trinajstić information content (AvgIpc) is 3.48. The van der Waals surface area contributed by atoms with Gasteiger partial charge >= 0.3 is 0 Å². The number of nitrogens with zero attached hydrogens (tertiary/aromatic N) is 4. The van der Waals surface area contributed by atoms with Gasteiger partial charge in [-0.1, -0.05) is 0 Å². The second kappa shape index (κ2) is 8.19. The van der Waals surface area contributed by atoms with E-state index in [9.17, 15) is 9.59 Å². The summed E-state index contributed by atoms with van der Waals surface area (Å²) in [7, 11) is 1.87. The highest BCUT2D eigenvalue weighted by molar-refractivity contribution is 5.94. The van der Waals surface area contributed by atoms with E-state index in [-0.39, 0.29) is 23.8 Å². The number of nitrogens with one attached hydrogen (secondary N) is 1. The van der Waals surface area contributed by atoms with E-state index in [2.05, 4.69) is 15.3 Å². The van der Waals surface area contributed by atoms with Gasteiger partial charge in [-0.2, -0.15) is 0 Å². The molecular weight excluding hydrogens is 366 g/mol. The van der Waals surface area contributed by atoms with E-state index in [4.69, 9.17) is 0 Å². The number of rotatable bonds is 6. The van der Waals surface area contributed by atoms with Gasteiger partial charge < -0.3 is 15.1 Å². The van der Waals surface area contributed by atoms with Gasteiger partial charge in [0.15, 0.2) is 0 Å². The fourth-order valence-electron chi connectivity index (χ4n) is 3.72. The van der Waals surface area contributed by atoms with Crippen molar-refractivity contribution in [3.8, 4) is 0 Å². The Morgan fingerprint density at radius 1 is 1.21 bits per heavy atom. The lowest BCUT2D eigenvalue weighted by Crippen LogP contribution is -2.40. The number of pyridine rings is 2. The molecule has 152 valence electrons. The SMILES string of the molecule is Cc1ccncc1CNc1ccc(C(=O)N2CC[C@H](N(C)C(=O)C3CC3)C2)cn1. The predicted octanol–water partition coefficient (Wildman–Crippen LogP) is 2.48. The third-order valence-corrected chi connectivity index (χ3v) is 5.89. The van der Waals surface area contributed by atoms with Gasteiger partial charge in [0.05, 0.1) is 11.6 Å². The van der Waals surface area contributed by atoms with Crippen molar-refractivity contribution < 1.29 is 9.59 Å². The van der Waals surface area contributed by atoms with Gasteiger partial charge in [-0.15, -0.1) is 0 Å². The molecule has 0 unspecified atom stereocenters. The summed E-state index contributed by atoms with van der Waals surface area (Å²) in [4.78, 5) is 37.3. The zero-order valence-electron chi connectivity index (χ0n) is 17.0. The highest BCUT2D eigenvalue weighted by Crippen LogP contribution is 2.32. The Hall–Kier alpha value is -2.96. The maximum Gasteiger partial charge on any atom is 0.255 e. The van der Waals surface area contributed by atoms with Crippen LogP contribution in [-0.2, 0) is 11.3 Å². The molecule has 0 spiro atoms. The number of likely N-dealkylation sites (tertiary alicyclic amines) is 1. The number of amides is 2. The first-order valence-corrected chi connectivity index (χ1v) is 10.2. The minimum Gasteiger partial charge on any atom is -0.366 e. The lowest BCUT2D eigenvalue weighted by atomic mass is 10.1. The normalized spacial score (nSPS) is 18.6. The summed E-state index contributed by atoms with van der Waals surface area (Å²) in [6.07, 6.45) is 8.08. The van der Waals surface area contributed by atoms with Crippen LogP contribution in [0.3, 0.4) is 0 Å². The lowest BCUT2D eigenvalue weighted by Gasteiger charge is -2.25. The van der Waals surface area contributed by atoms with E-state index in [1.165, 1.54) is 5.56 Å². The zero-order chi connectivity index (χ0) is 20.4. The quantitative estimate of drug-likeness (QED) is 0.816. The molecule has 1 saturated heterocycles. The largest absolute Gasteiger partial charge is 0.366 e. The molecule has 1 saturated carbocycles. The van der Waals surface area contributed by atoms with Crippen molar-refractivity contribution in [3.63, 3.8) is 0 Å². The second-order valence-electron chi connectivity index (χ2n) is 8.00. The standard InChI is InChI=1S/C22H27N5O2/c1-15-7-9-23-11-18(15)13-25-20-6-5-17(12-24-20)22(29)27-10-8-19(14-27)26(2)21(28)16-3-4-16/h5-7,9,11-12,16,19H,3-4,8,10,13-14H2,1-2H3,(H,24,25)/t19-/m0/s1. The Bertz CT molecular complexity index is 894. The molecule has 1 atom stereocenters. The summed E-state index contributed by atoms with van der Waals surface area (Å²) in [6, 6.07) is 5.73. The minimum atomic E-state index is -0.0260. The van der Waals surface area contributed by atoms with Gasteiger partial charge in [-0.3, -0.25) is 14.6 Å². The van der Waals surface area contributed by atoms with Gasteiger partial charge in [-0.05, 0) is 55.5 Å². The smallest absolute Gasteiger partial charge is 0.255 e. The summed E-state index contributed by atoms with van der Waals surface area (Å²) in [5, 5.41) is 3.27. The number of hydrogen-bond donors (Lipinski definition) is 1. The fraction of sp³-hybridized carbons (Fsp3) is 0.455. The molecule has 1 aliphatic heterocycles. The molecule has 4 rings (SSSR count). The van der Waals surface area contributed by atoms with Crippen molar-refractivity contribution >= 4 is 17.6 Å². The highest BCUT2D eigenvalue weighted by atomic mass is 16.2. The molecule has 0 bridgehead atoms. The third-order valence-electron chi connectivity index (χ3n) is 5.89. The highest BCUT2D eigenvalue weighted by Gasteiger charge is 2.37. The Kier molecular flexibility index (Phi) is 5.47. The van der Waals surface area contributed by atoms with Crippen LogP contribution in [0, 0.1) is 12.8 Å². The number of anilines is 1. The predicted molar refractivity (Wildman–Crippen MR) is 110 cm³/mol. The number of aryl methyl sites for hydroxylation is 1. The van der Waals surface area contributed by atoms with Gasteiger partial charge in [0, 0.05) is 51.2 Å². The second-order valence-corrected chi connectivity index (χ2v) is 8.00.